The van der Waals surface area contributed by atoms with E-state index >= 15 is 0 Å². The molecule has 0 saturated carbocycles. The minimum atomic E-state index is -0.105. The van der Waals surface area contributed by atoms with Crippen LogP contribution in [0.1, 0.15) is 20.3 Å². The summed E-state index contributed by atoms with van der Waals surface area (Å²) >= 11 is 0. The standard InChI is InChI=1S/C13H27BO5/c1-6-9(16-4)8(2)18-12-11(17-5)10(7-15-3)19-13(12)14/h8-13H,6-7,14H2,1-5H3/t8-,9-,10+,11?,12-,13+/m0/s1. The van der Waals surface area contributed by atoms with E-state index in [2.05, 4.69) is 6.92 Å². The van der Waals surface area contributed by atoms with Crippen LogP contribution in [0.15, 0.2) is 0 Å². The molecule has 1 rings (SSSR count). The Morgan fingerprint density at radius 1 is 1.21 bits per heavy atom. The zero-order chi connectivity index (χ0) is 14.4. The second-order valence-electron chi connectivity index (χ2n) is 5.02. The molecule has 0 spiro atoms. The van der Waals surface area contributed by atoms with Crippen molar-refractivity contribution in [1.29, 1.82) is 0 Å². The normalized spacial score (nSPS) is 34.4. The fourth-order valence-corrected chi connectivity index (χ4v) is 2.71. The Balaban J connectivity index is 2.64. The Bertz CT molecular complexity index is 249. The zero-order valence-corrected chi connectivity index (χ0v) is 12.9. The van der Waals surface area contributed by atoms with Crippen LogP contribution in [0, 0.1) is 0 Å². The van der Waals surface area contributed by atoms with Gasteiger partial charge in [0.05, 0.1) is 24.8 Å². The second-order valence-corrected chi connectivity index (χ2v) is 5.02. The molecule has 0 aromatic carbocycles. The van der Waals surface area contributed by atoms with Crippen LogP contribution >= 0.6 is 0 Å². The van der Waals surface area contributed by atoms with Crippen LogP contribution in [0.25, 0.3) is 0 Å². The first-order chi connectivity index (χ1) is 9.08. The lowest BCUT2D eigenvalue weighted by molar-refractivity contribution is -0.117. The fraction of sp³-hybridized carbons (Fsp3) is 1.00. The van der Waals surface area contributed by atoms with Gasteiger partial charge in [0.1, 0.15) is 26.2 Å². The quantitative estimate of drug-likeness (QED) is 0.592. The van der Waals surface area contributed by atoms with E-state index < -0.39 is 0 Å². The van der Waals surface area contributed by atoms with Gasteiger partial charge in [0.2, 0.25) is 0 Å². The van der Waals surface area contributed by atoms with Crippen molar-refractivity contribution < 1.29 is 23.7 Å². The Hall–Kier alpha value is -0.135. The molecule has 1 fully saturated rings. The van der Waals surface area contributed by atoms with Crippen molar-refractivity contribution in [2.75, 3.05) is 27.9 Å². The molecule has 1 aliphatic rings. The number of methoxy groups -OCH3 is 3. The maximum absolute atomic E-state index is 6.12. The number of hydrogen-bond acceptors (Lipinski definition) is 5. The molecular weight excluding hydrogens is 247 g/mol. The highest BCUT2D eigenvalue weighted by molar-refractivity contribution is 6.11. The first-order valence-electron chi connectivity index (χ1n) is 6.94. The molecule has 112 valence electrons. The number of ether oxygens (including phenoxy) is 5. The molecule has 1 saturated heterocycles. The Kier molecular flexibility index (Phi) is 7.32. The van der Waals surface area contributed by atoms with Crippen LogP contribution in [0.4, 0.5) is 0 Å². The largest absolute Gasteiger partial charge is 0.382 e. The first kappa shape index (κ1) is 16.9. The lowest BCUT2D eigenvalue weighted by Crippen LogP contribution is -2.43. The van der Waals surface area contributed by atoms with E-state index in [9.17, 15) is 0 Å². The summed E-state index contributed by atoms with van der Waals surface area (Å²) in [5, 5.41) is 0. The van der Waals surface area contributed by atoms with E-state index in [0.717, 1.165) is 6.42 Å². The maximum atomic E-state index is 6.12. The van der Waals surface area contributed by atoms with Gasteiger partial charge in [-0.2, -0.15) is 0 Å². The minimum absolute atomic E-state index is 0.00462. The molecule has 0 amide bonds. The predicted molar refractivity (Wildman–Crippen MR) is 75.3 cm³/mol. The molecule has 19 heavy (non-hydrogen) atoms. The highest BCUT2D eigenvalue weighted by Gasteiger charge is 2.44. The summed E-state index contributed by atoms with van der Waals surface area (Å²) in [6, 6.07) is -0.0121. The van der Waals surface area contributed by atoms with Gasteiger partial charge in [0.15, 0.2) is 0 Å². The topological polar surface area (TPSA) is 46.2 Å². The summed E-state index contributed by atoms with van der Waals surface area (Å²) in [6.07, 6.45) is 0.732. The monoisotopic (exact) mass is 274 g/mol. The molecule has 1 unspecified atom stereocenters. The van der Waals surface area contributed by atoms with Gasteiger partial charge in [-0.1, -0.05) is 6.92 Å². The summed E-state index contributed by atoms with van der Waals surface area (Å²) in [5.41, 5.74) is 0. The minimum Gasteiger partial charge on any atom is -0.382 e. The van der Waals surface area contributed by atoms with Crippen molar-refractivity contribution in [3.8, 4) is 0 Å². The van der Waals surface area contributed by atoms with Crippen molar-refractivity contribution in [2.45, 2.75) is 56.8 Å². The van der Waals surface area contributed by atoms with Crippen LogP contribution in [0.2, 0.25) is 0 Å². The summed E-state index contributed by atoms with van der Waals surface area (Å²) in [5.74, 6) is 0. The SMILES string of the molecule is B[C@@H]1O[C@H](COC)C(OC)[C@@H]1O[C@@H](C)[C@H](CC)OC. The maximum Gasteiger partial charge on any atom is 0.142 e. The molecule has 1 heterocycles. The molecule has 0 radical (unpaired) electrons. The van der Waals surface area contributed by atoms with Crippen LogP contribution < -0.4 is 0 Å². The summed E-state index contributed by atoms with van der Waals surface area (Å²) in [4.78, 5) is 0. The molecule has 0 aromatic rings. The van der Waals surface area contributed by atoms with Crippen LogP contribution in [0.3, 0.4) is 0 Å². The van der Waals surface area contributed by atoms with E-state index in [1.165, 1.54) is 0 Å². The van der Waals surface area contributed by atoms with Crippen LogP contribution in [-0.2, 0) is 23.7 Å². The van der Waals surface area contributed by atoms with E-state index in [1.807, 2.05) is 14.8 Å². The summed E-state index contributed by atoms with van der Waals surface area (Å²) < 4.78 is 28.1. The Morgan fingerprint density at radius 3 is 2.37 bits per heavy atom. The molecule has 6 atom stereocenters. The highest BCUT2D eigenvalue weighted by Crippen LogP contribution is 2.27. The van der Waals surface area contributed by atoms with Gasteiger partial charge in [-0.25, -0.2) is 0 Å². The van der Waals surface area contributed by atoms with Crippen molar-refractivity contribution >= 4 is 7.85 Å². The molecule has 5 nitrogen and oxygen atoms in total. The van der Waals surface area contributed by atoms with Crippen molar-refractivity contribution in [3.63, 3.8) is 0 Å². The molecule has 6 heteroatoms. The smallest absolute Gasteiger partial charge is 0.142 e. The molecule has 0 N–H and O–H groups in total. The third-order valence-corrected chi connectivity index (χ3v) is 3.75. The summed E-state index contributed by atoms with van der Waals surface area (Å²) in [6.45, 7) is 4.63. The lowest BCUT2D eigenvalue weighted by Gasteiger charge is -2.29. The molecule has 1 aliphatic heterocycles. The molecule has 0 aliphatic carbocycles. The second kappa shape index (κ2) is 8.22. The van der Waals surface area contributed by atoms with Crippen molar-refractivity contribution in [2.24, 2.45) is 0 Å². The van der Waals surface area contributed by atoms with Gasteiger partial charge >= 0.3 is 0 Å². The third-order valence-electron chi connectivity index (χ3n) is 3.75. The van der Waals surface area contributed by atoms with Gasteiger partial charge < -0.3 is 23.7 Å². The predicted octanol–water partition coefficient (Wildman–Crippen LogP) is 0.205. The lowest BCUT2D eigenvalue weighted by atomic mass is 9.92. The number of rotatable bonds is 8. The third kappa shape index (κ3) is 4.16. The average molecular weight is 274 g/mol. The molecule has 0 bridgehead atoms. The molecular formula is C13H27BO5. The van der Waals surface area contributed by atoms with E-state index in [4.69, 9.17) is 23.7 Å². The zero-order valence-electron chi connectivity index (χ0n) is 12.9. The van der Waals surface area contributed by atoms with Gasteiger partial charge in [-0.05, 0) is 13.3 Å². The highest BCUT2D eigenvalue weighted by atomic mass is 16.6. The van der Waals surface area contributed by atoms with Crippen LogP contribution in [0.5, 0.6) is 0 Å². The van der Waals surface area contributed by atoms with E-state index in [-0.39, 0.29) is 36.5 Å². The van der Waals surface area contributed by atoms with Crippen LogP contribution in [-0.4, -0.2) is 72.3 Å². The van der Waals surface area contributed by atoms with Crippen molar-refractivity contribution in [1.82, 2.24) is 0 Å². The number of hydrogen-bond donors (Lipinski definition) is 0. The van der Waals surface area contributed by atoms with Gasteiger partial charge in [0.25, 0.3) is 0 Å². The van der Waals surface area contributed by atoms with Crippen molar-refractivity contribution in [3.05, 3.63) is 0 Å². The van der Waals surface area contributed by atoms with E-state index in [1.54, 1.807) is 21.3 Å². The average Bonchev–Trinajstić information content (AvgIpc) is 2.67. The first-order valence-corrected chi connectivity index (χ1v) is 6.94. The molecule has 0 aromatic heterocycles. The Labute approximate surface area is 117 Å². The van der Waals surface area contributed by atoms with Gasteiger partial charge in [-0.15, -0.1) is 0 Å². The summed E-state index contributed by atoms with van der Waals surface area (Å²) in [7, 11) is 7.07. The fourth-order valence-electron chi connectivity index (χ4n) is 2.71. The van der Waals surface area contributed by atoms with E-state index in [0.29, 0.717) is 6.61 Å². The van der Waals surface area contributed by atoms with Gasteiger partial charge in [-0.3, -0.25) is 0 Å². The van der Waals surface area contributed by atoms with Gasteiger partial charge in [0, 0.05) is 21.3 Å². The Morgan fingerprint density at radius 2 is 1.89 bits per heavy atom.